The number of nitrogens with zero attached hydrogens (tertiary/aromatic N) is 4. The van der Waals surface area contributed by atoms with Crippen molar-refractivity contribution in [3.63, 3.8) is 0 Å². The fourth-order valence-electron chi connectivity index (χ4n) is 3.81. The van der Waals surface area contributed by atoms with Gasteiger partial charge in [-0.1, -0.05) is 11.6 Å². The number of hydrogen-bond acceptors (Lipinski definition) is 6. The monoisotopic (exact) mass is 528 g/mol. The van der Waals surface area contributed by atoms with Crippen LogP contribution < -0.4 is 15.9 Å². The third-order valence-electron chi connectivity index (χ3n) is 5.72. The number of ether oxygens (including phenoxy) is 1. The van der Waals surface area contributed by atoms with Crippen LogP contribution in [-0.4, -0.2) is 24.2 Å². The molecule has 4 heterocycles. The van der Waals surface area contributed by atoms with Crippen LogP contribution in [-0.2, 0) is 12.2 Å². The molecule has 0 aliphatic heterocycles. The second-order valence-corrected chi connectivity index (χ2v) is 9.31. The number of pyridine rings is 4. The third kappa shape index (κ3) is 5.16. The maximum Gasteiger partial charge on any atom is 0.277 e. The normalized spacial score (nSPS) is 11.6. The molecule has 0 aromatic carbocycles. The van der Waals surface area contributed by atoms with Crippen molar-refractivity contribution < 1.29 is 18.6 Å². The minimum absolute atomic E-state index is 0.00167. The molecule has 0 aliphatic rings. The van der Waals surface area contributed by atoms with E-state index in [9.17, 15) is 23.5 Å². The Labute approximate surface area is 215 Å². The quantitative estimate of drug-likeness (QED) is 0.404. The second-order valence-electron chi connectivity index (χ2n) is 8.93. The van der Waals surface area contributed by atoms with Crippen molar-refractivity contribution in [1.82, 2.24) is 19.1 Å². The van der Waals surface area contributed by atoms with Gasteiger partial charge < -0.3 is 9.84 Å². The fourth-order valence-corrected chi connectivity index (χ4v) is 4.01. The van der Waals surface area contributed by atoms with Gasteiger partial charge in [0.1, 0.15) is 28.9 Å². The molecule has 1 N–H and O–H groups in total. The highest BCUT2D eigenvalue weighted by atomic mass is 35.5. The Kier molecular flexibility index (Phi) is 6.98. The predicted octanol–water partition coefficient (Wildman–Crippen LogP) is 4.13. The predicted molar refractivity (Wildman–Crippen MR) is 134 cm³/mol. The second kappa shape index (κ2) is 9.87. The van der Waals surface area contributed by atoms with E-state index in [0.29, 0.717) is 28.8 Å². The summed E-state index contributed by atoms with van der Waals surface area (Å²) in [6, 6.07) is 6.97. The van der Waals surface area contributed by atoms with E-state index in [2.05, 4.69) is 9.97 Å². The van der Waals surface area contributed by atoms with E-state index in [-0.39, 0.29) is 28.6 Å². The summed E-state index contributed by atoms with van der Waals surface area (Å²) >= 11 is 6.32. The Morgan fingerprint density at radius 2 is 1.81 bits per heavy atom. The van der Waals surface area contributed by atoms with E-state index in [4.69, 9.17) is 16.3 Å². The van der Waals surface area contributed by atoms with Gasteiger partial charge in [-0.25, -0.2) is 8.78 Å². The molecule has 0 bridgehead atoms. The molecule has 0 saturated carbocycles. The SMILES string of the molecule is Cc1ncc(-n2cccc(C(C)(C)O)c2=O)cc1-n1c(C)cc(OCc2ncc(F)cc2F)c(Cl)c1=O. The Balaban J connectivity index is 1.76. The summed E-state index contributed by atoms with van der Waals surface area (Å²) in [5.41, 5.74) is -0.697. The highest BCUT2D eigenvalue weighted by Gasteiger charge is 2.22. The molecule has 4 aromatic rings. The van der Waals surface area contributed by atoms with Crippen LogP contribution in [0.3, 0.4) is 0 Å². The molecule has 0 atom stereocenters. The first-order valence-corrected chi connectivity index (χ1v) is 11.5. The van der Waals surface area contributed by atoms with Crippen LogP contribution in [0.15, 0.2) is 58.5 Å². The smallest absolute Gasteiger partial charge is 0.277 e. The number of hydrogen-bond donors (Lipinski definition) is 1. The summed E-state index contributed by atoms with van der Waals surface area (Å²) in [5, 5.41) is 10.1. The molecule has 0 saturated heterocycles. The van der Waals surface area contributed by atoms with Crippen LogP contribution in [0.1, 0.15) is 36.5 Å². The molecule has 0 aliphatic carbocycles. The van der Waals surface area contributed by atoms with Crippen LogP contribution >= 0.6 is 11.6 Å². The van der Waals surface area contributed by atoms with E-state index in [0.717, 1.165) is 6.20 Å². The van der Waals surface area contributed by atoms with Gasteiger partial charge in [-0.05, 0) is 45.9 Å². The molecule has 0 amide bonds. The summed E-state index contributed by atoms with van der Waals surface area (Å²) < 4.78 is 35.2. The van der Waals surface area contributed by atoms with Gasteiger partial charge in [-0.15, -0.1) is 0 Å². The number of rotatable bonds is 6. The topological polar surface area (TPSA) is 99.2 Å². The maximum atomic E-state index is 13.9. The maximum absolute atomic E-state index is 13.9. The van der Waals surface area contributed by atoms with Crippen LogP contribution in [0.2, 0.25) is 5.02 Å². The van der Waals surface area contributed by atoms with E-state index >= 15 is 0 Å². The van der Waals surface area contributed by atoms with Crippen molar-refractivity contribution in [3.05, 3.63) is 109 Å². The summed E-state index contributed by atoms with van der Waals surface area (Å²) in [6.45, 7) is 6.01. The van der Waals surface area contributed by atoms with Gasteiger partial charge in [0.25, 0.3) is 11.1 Å². The van der Waals surface area contributed by atoms with Gasteiger partial charge >= 0.3 is 0 Å². The van der Waals surface area contributed by atoms with Gasteiger partial charge in [0.05, 0.1) is 35.1 Å². The molecule has 0 spiro atoms. The molecule has 8 nitrogen and oxygen atoms in total. The minimum atomic E-state index is -1.36. The number of halogens is 3. The first kappa shape index (κ1) is 26.2. The van der Waals surface area contributed by atoms with E-state index in [1.807, 2.05) is 0 Å². The summed E-state index contributed by atoms with van der Waals surface area (Å²) in [5.74, 6) is -1.71. The van der Waals surface area contributed by atoms with E-state index in [1.54, 1.807) is 32.0 Å². The molecule has 11 heteroatoms. The molecule has 192 valence electrons. The lowest BCUT2D eigenvalue weighted by Gasteiger charge is -2.19. The largest absolute Gasteiger partial charge is 0.485 e. The van der Waals surface area contributed by atoms with Crippen LogP contribution in [0, 0.1) is 25.5 Å². The first-order valence-electron chi connectivity index (χ1n) is 11.1. The zero-order chi connectivity index (χ0) is 27.1. The molecule has 4 rings (SSSR count). The molecular formula is C26H23ClF2N4O4. The van der Waals surface area contributed by atoms with Crippen LogP contribution in [0.5, 0.6) is 5.75 Å². The van der Waals surface area contributed by atoms with Crippen molar-refractivity contribution in [1.29, 1.82) is 0 Å². The molecule has 0 unspecified atom stereocenters. The minimum Gasteiger partial charge on any atom is -0.485 e. The molecule has 4 aromatic heterocycles. The lowest BCUT2D eigenvalue weighted by molar-refractivity contribution is 0.0768. The first-order chi connectivity index (χ1) is 17.4. The van der Waals surface area contributed by atoms with Crippen molar-refractivity contribution >= 4 is 11.6 Å². The van der Waals surface area contributed by atoms with E-state index < -0.39 is 28.4 Å². The Hall–Kier alpha value is -3.89. The van der Waals surface area contributed by atoms with Gasteiger partial charge in [-0.2, -0.15) is 0 Å². The number of aliphatic hydroxyl groups is 1. The highest BCUT2D eigenvalue weighted by Crippen LogP contribution is 2.26. The average Bonchev–Trinajstić information content (AvgIpc) is 2.82. The van der Waals surface area contributed by atoms with Crippen LogP contribution in [0.25, 0.3) is 11.4 Å². The third-order valence-corrected chi connectivity index (χ3v) is 6.07. The number of aromatic nitrogens is 4. The van der Waals surface area contributed by atoms with Gasteiger partial charge in [0.2, 0.25) is 0 Å². The van der Waals surface area contributed by atoms with Gasteiger partial charge in [-0.3, -0.25) is 28.7 Å². The summed E-state index contributed by atoms with van der Waals surface area (Å²) in [7, 11) is 0. The van der Waals surface area contributed by atoms with Gasteiger partial charge in [0.15, 0.2) is 5.82 Å². The fraction of sp³-hybridized carbons (Fsp3) is 0.231. The average molecular weight is 529 g/mol. The van der Waals surface area contributed by atoms with Gasteiger partial charge in [0, 0.05) is 29.6 Å². The highest BCUT2D eigenvalue weighted by molar-refractivity contribution is 6.31. The standard InChI is InChI=1S/C26H23ClF2N4O4/c1-14-8-22(37-13-20-19(29)9-16(28)11-31-20)23(27)25(35)33(14)21-10-17(12-30-15(21)2)32-7-5-6-18(24(32)34)26(3,4)36/h5-12,36H,13H2,1-4H3. The lowest BCUT2D eigenvalue weighted by Crippen LogP contribution is -2.31. The van der Waals surface area contributed by atoms with E-state index in [1.165, 1.54) is 41.4 Å². The Morgan fingerprint density at radius 3 is 2.49 bits per heavy atom. The Bertz CT molecular complexity index is 1630. The summed E-state index contributed by atoms with van der Waals surface area (Å²) in [4.78, 5) is 34.3. The zero-order valence-electron chi connectivity index (χ0n) is 20.4. The lowest BCUT2D eigenvalue weighted by atomic mass is 10.0. The van der Waals surface area contributed by atoms with Crippen molar-refractivity contribution in [2.75, 3.05) is 0 Å². The zero-order valence-corrected chi connectivity index (χ0v) is 21.2. The molecule has 37 heavy (non-hydrogen) atoms. The molecule has 0 fully saturated rings. The number of aryl methyl sites for hydroxylation is 2. The molecular weight excluding hydrogens is 506 g/mol. The van der Waals surface area contributed by atoms with Crippen molar-refractivity contribution in [3.8, 4) is 17.1 Å². The van der Waals surface area contributed by atoms with Crippen molar-refractivity contribution in [2.45, 2.75) is 39.9 Å². The summed E-state index contributed by atoms with van der Waals surface area (Å²) in [6.07, 6.45) is 3.88. The van der Waals surface area contributed by atoms with Crippen LogP contribution in [0.4, 0.5) is 8.78 Å². The van der Waals surface area contributed by atoms with Crippen molar-refractivity contribution in [2.24, 2.45) is 0 Å². The Morgan fingerprint density at radius 1 is 1.08 bits per heavy atom. The molecule has 0 radical (unpaired) electrons.